The highest BCUT2D eigenvalue weighted by atomic mass is 16.3. The van der Waals surface area contributed by atoms with E-state index in [9.17, 15) is 0 Å². The number of aliphatic hydroxyl groups excluding tert-OH is 2. The van der Waals surface area contributed by atoms with Crippen LogP contribution in [0.5, 0.6) is 0 Å². The standard InChI is InChI=1S/C10H22O2/c1-3-5-9(7-11)10(8-12)6-4-2/h9-12H,3-8H2,1-2H3/t9-,10-/m0/s1. The molecule has 0 amide bonds. The maximum Gasteiger partial charge on any atom is 0.0462 e. The quantitative estimate of drug-likeness (QED) is 0.618. The Morgan fingerprint density at radius 1 is 0.833 bits per heavy atom. The van der Waals surface area contributed by atoms with Crippen LogP contribution in [0.4, 0.5) is 0 Å². The summed E-state index contributed by atoms with van der Waals surface area (Å²) in [6.07, 6.45) is 4.24. The zero-order valence-electron chi connectivity index (χ0n) is 8.29. The first-order valence-corrected chi connectivity index (χ1v) is 5.01. The fraction of sp³-hybridized carbons (Fsp3) is 1.00. The first-order chi connectivity index (χ1) is 5.79. The predicted molar refractivity (Wildman–Crippen MR) is 51.0 cm³/mol. The summed E-state index contributed by atoms with van der Waals surface area (Å²) in [4.78, 5) is 0. The van der Waals surface area contributed by atoms with Gasteiger partial charge in [-0.3, -0.25) is 0 Å². The molecule has 0 saturated carbocycles. The zero-order chi connectivity index (χ0) is 9.40. The van der Waals surface area contributed by atoms with Crippen LogP contribution in [0.25, 0.3) is 0 Å². The third kappa shape index (κ3) is 4.07. The van der Waals surface area contributed by atoms with E-state index in [4.69, 9.17) is 10.2 Å². The molecule has 0 aliphatic heterocycles. The Balaban J connectivity index is 3.84. The van der Waals surface area contributed by atoms with Crippen LogP contribution < -0.4 is 0 Å². The molecule has 0 aromatic carbocycles. The van der Waals surface area contributed by atoms with Crippen molar-refractivity contribution in [3.63, 3.8) is 0 Å². The van der Waals surface area contributed by atoms with Crippen LogP contribution in [0.15, 0.2) is 0 Å². The van der Waals surface area contributed by atoms with Gasteiger partial charge in [0, 0.05) is 13.2 Å². The van der Waals surface area contributed by atoms with Crippen molar-refractivity contribution in [2.75, 3.05) is 13.2 Å². The van der Waals surface area contributed by atoms with Gasteiger partial charge in [0.05, 0.1) is 0 Å². The van der Waals surface area contributed by atoms with Crippen LogP contribution >= 0.6 is 0 Å². The molecule has 0 fully saturated rings. The van der Waals surface area contributed by atoms with E-state index >= 15 is 0 Å². The van der Waals surface area contributed by atoms with Crippen LogP contribution in [-0.4, -0.2) is 23.4 Å². The second-order valence-corrected chi connectivity index (χ2v) is 3.46. The van der Waals surface area contributed by atoms with Gasteiger partial charge in [-0.05, 0) is 24.7 Å². The first-order valence-electron chi connectivity index (χ1n) is 5.01. The molecule has 0 aliphatic rings. The fourth-order valence-corrected chi connectivity index (χ4v) is 1.69. The van der Waals surface area contributed by atoms with Crippen molar-refractivity contribution < 1.29 is 10.2 Å². The number of hydrogen-bond donors (Lipinski definition) is 2. The average molecular weight is 174 g/mol. The summed E-state index contributed by atoms with van der Waals surface area (Å²) in [5.41, 5.74) is 0. The molecule has 0 unspecified atom stereocenters. The van der Waals surface area contributed by atoms with Gasteiger partial charge < -0.3 is 10.2 Å². The lowest BCUT2D eigenvalue weighted by molar-refractivity contribution is 0.107. The third-order valence-corrected chi connectivity index (χ3v) is 2.45. The average Bonchev–Trinajstić information content (AvgIpc) is 2.11. The second kappa shape index (κ2) is 7.56. The van der Waals surface area contributed by atoms with Crippen molar-refractivity contribution in [2.45, 2.75) is 39.5 Å². The number of rotatable bonds is 7. The molecule has 12 heavy (non-hydrogen) atoms. The molecular weight excluding hydrogens is 152 g/mol. The normalized spacial score (nSPS) is 16.0. The van der Waals surface area contributed by atoms with Crippen molar-refractivity contribution in [1.29, 1.82) is 0 Å². The van der Waals surface area contributed by atoms with Gasteiger partial charge >= 0.3 is 0 Å². The fourth-order valence-electron chi connectivity index (χ4n) is 1.69. The first kappa shape index (κ1) is 11.9. The Bertz CT molecular complexity index is 81.8. The van der Waals surface area contributed by atoms with Gasteiger partial charge in [-0.2, -0.15) is 0 Å². The predicted octanol–water partition coefficient (Wildman–Crippen LogP) is 1.80. The minimum atomic E-state index is 0.221. The largest absolute Gasteiger partial charge is 0.396 e. The molecule has 2 atom stereocenters. The number of aliphatic hydroxyl groups is 2. The lowest BCUT2D eigenvalue weighted by Gasteiger charge is -2.22. The highest BCUT2D eigenvalue weighted by Gasteiger charge is 2.17. The van der Waals surface area contributed by atoms with Gasteiger partial charge in [0.25, 0.3) is 0 Å². The van der Waals surface area contributed by atoms with Crippen LogP contribution in [0.3, 0.4) is 0 Å². The molecule has 0 aromatic heterocycles. The van der Waals surface area contributed by atoms with Gasteiger partial charge in [0.1, 0.15) is 0 Å². The lowest BCUT2D eigenvalue weighted by atomic mass is 9.86. The zero-order valence-corrected chi connectivity index (χ0v) is 8.29. The van der Waals surface area contributed by atoms with Gasteiger partial charge in [-0.25, -0.2) is 0 Å². The van der Waals surface area contributed by atoms with Crippen LogP contribution in [0.2, 0.25) is 0 Å². The summed E-state index contributed by atoms with van der Waals surface area (Å²) < 4.78 is 0. The van der Waals surface area contributed by atoms with Crippen molar-refractivity contribution in [1.82, 2.24) is 0 Å². The second-order valence-electron chi connectivity index (χ2n) is 3.46. The molecule has 2 nitrogen and oxygen atoms in total. The molecule has 0 bridgehead atoms. The van der Waals surface area contributed by atoms with Crippen molar-refractivity contribution >= 4 is 0 Å². The topological polar surface area (TPSA) is 40.5 Å². The Labute approximate surface area is 75.6 Å². The van der Waals surface area contributed by atoms with Crippen LogP contribution in [0.1, 0.15) is 39.5 Å². The SMILES string of the molecule is CCC[C@@H](CO)[C@H](CO)CCC. The summed E-state index contributed by atoms with van der Waals surface area (Å²) >= 11 is 0. The Kier molecular flexibility index (Phi) is 7.51. The maximum absolute atomic E-state index is 9.07. The number of hydrogen-bond acceptors (Lipinski definition) is 2. The molecule has 0 rings (SSSR count). The van der Waals surface area contributed by atoms with Crippen molar-refractivity contribution in [3.8, 4) is 0 Å². The van der Waals surface area contributed by atoms with E-state index in [1.165, 1.54) is 0 Å². The minimum absolute atomic E-state index is 0.221. The van der Waals surface area contributed by atoms with E-state index in [0.29, 0.717) is 11.8 Å². The molecule has 0 radical (unpaired) electrons. The Morgan fingerprint density at radius 3 is 1.33 bits per heavy atom. The monoisotopic (exact) mass is 174 g/mol. The molecule has 2 N–H and O–H groups in total. The van der Waals surface area contributed by atoms with Gasteiger partial charge in [0.15, 0.2) is 0 Å². The summed E-state index contributed by atoms with van der Waals surface area (Å²) in [6.45, 7) is 4.67. The molecule has 0 aliphatic carbocycles. The van der Waals surface area contributed by atoms with E-state index in [2.05, 4.69) is 13.8 Å². The van der Waals surface area contributed by atoms with E-state index < -0.39 is 0 Å². The molecule has 0 spiro atoms. The minimum Gasteiger partial charge on any atom is -0.396 e. The summed E-state index contributed by atoms with van der Waals surface area (Å²) in [5, 5.41) is 18.1. The van der Waals surface area contributed by atoms with Crippen LogP contribution in [-0.2, 0) is 0 Å². The molecule has 0 aromatic rings. The molecule has 0 heterocycles. The Hall–Kier alpha value is -0.0800. The molecule has 74 valence electrons. The summed E-state index contributed by atoms with van der Waals surface area (Å²) in [5.74, 6) is 0.611. The maximum atomic E-state index is 9.07. The van der Waals surface area contributed by atoms with E-state index in [1.807, 2.05) is 0 Å². The molecule has 2 heteroatoms. The summed E-state index contributed by atoms with van der Waals surface area (Å²) in [6, 6.07) is 0. The van der Waals surface area contributed by atoms with Crippen molar-refractivity contribution in [2.24, 2.45) is 11.8 Å². The van der Waals surface area contributed by atoms with E-state index in [1.54, 1.807) is 0 Å². The highest BCUT2D eigenvalue weighted by Crippen LogP contribution is 2.21. The van der Waals surface area contributed by atoms with Gasteiger partial charge in [0.2, 0.25) is 0 Å². The third-order valence-electron chi connectivity index (χ3n) is 2.45. The van der Waals surface area contributed by atoms with E-state index in [-0.39, 0.29) is 13.2 Å². The summed E-state index contributed by atoms with van der Waals surface area (Å²) in [7, 11) is 0. The van der Waals surface area contributed by atoms with Crippen LogP contribution in [0, 0.1) is 11.8 Å². The van der Waals surface area contributed by atoms with Gasteiger partial charge in [-0.15, -0.1) is 0 Å². The Morgan fingerprint density at radius 2 is 1.17 bits per heavy atom. The smallest absolute Gasteiger partial charge is 0.0462 e. The highest BCUT2D eigenvalue weighted by molar-refractivity contribution is 4.68. The molecule has 0 saturated heterocycles. The van der Waals surface area contributed by atoms with Gasteiger partial charge in [-0.1, -0.05) is 26.7 Å². The molecular formula is C10H22O2. The van der Waals surface area contributed by atoms with E-state index in [0.717, 1.165) is 25.7 Å². The van der Waals surface area contributed by atoms with Crippen molar-refractivity contribution in [3.05, 3.63) is 0 Å². The lowest BCUT2D eigenvalue weighted by Crippen LogP contribution is -2.21.